The summed E-state index contributed by atoms with van der Waals surface area (Å²) in [6.45, 7) is 7.07. The van der Waals surface area contributed by atoms with Crippen LogP contribution in [0.4, 0.5) is 5.69 Å². The molecule has 3 rings (SSSR count). The zero-order valence-corrected chi connectivity index (χ0v) is 10.7. The highest BCUT2D eigenvalue weighted by atomic mass is 15.2. The average molecular weight is 230 g/mol. The lowest BCUT2D eigenvalue weighted by Crippen LogP contribution is -2.37. The van der Waals surface area contributed by atoms with Crippen molar-refractivity contribution >= 4 is 5.69 Å². The minimum absolute atomic E-state index is 0.844. The first-order valence-corrected chi connectivity index (χ1v) is 6.88. The predicted molar refractivity (Wildman–Crippen MR) is 72.7 cm³/mol. The van der Waals surface area contributed by atoms with E-state index < -0.39 is 0 Å². The maximum absolute atomic E-state index is 3.52. The molecule has 1 saturated heterocycles. The number of anilines is 1. The molecule has 1 N–H and O–H groups in total. The molecule has 0 spiro atoms. The van der Waals surface area contributed by atoms with Crippen molar-refractivity contribution in [2.45, 2.75) is 26.2 Å². The fourth-order valence-corrected chi connectivity index (χ4v) is 3.18. The lowest BCUT2D eigenvalue weighted by atomic mass is 9.99. The fraction of sp³-hybridized carbons (Fsp3) is 0.600. The number of benzene rings is 1. The van der Waals surface area contributed by atoms with Gasteiger partial charge in [-0.05, 0) is 56.8 Å². The van der Waals surface area contributed by atoms with Crippen LogP contribution in [-0.2, 0) is 6.42 Å². The number of rotatable bonds is 2. The van der Waals surface area contributed by atoms with Crippen molar-refractivity contribution in [3.8, 4) is 0 Å². The third-order valence-electron chi connectivity index (χ3n) is 4.10. The SMILES string of the molecule is Cc1ccc2c(c1)CCN2CC1CCCNC1. The molecule has 1 aromatic rings. The van der Waals surface area contributed by atoms with Crippen LogP contribution in [0.15, 0.2) is 18.2 Å². The topological polar surface area (TPSA) is 15.3 Å². The molecule has 0 aliphatic carbocycles. The number of aryl methyl sites for hydroxylation is 1. The van der Waals surface area contributed by atoms with Crippen LogP contribution >= 0.6 is 0 Å². The van der Waals surface area contributed by atoms with Gasteiger partial charge >= 0.3 is 0 Å². The zero-order chi connectivity index (χ0) is 11.7. The van der Waals surface area contributed by atoms with Crippen LogP contribution in [-0.4, -0.2) is 26.2 Å². The zero-order valence-electron chi connectivity index (χ0n) is 10.7. The van der Waals surface area contributed by atoms with E-state index in [1.807, 2.05) is 0 Å². The molecule has 2 heterocycles. The second-order valence-corrected chi connectivity index (χ2v) is 5.54. The molecule has 1 aromatic carbocycles. The van der Waals surface area contributed by atoms with Gasteiger partial charge in [0.1, 0.15) is 0 Å². The summed E-state index contributed by atoms with van der Waals surface area (Å²) in [5.41, 5.74) is 4.43. The molecular formula is C15H22N2. The van der Waals surface area contributed by atoms with E-state index in [0.717, 1.165) is 5.92 Å². The van der Waals surface area contributed by atoms with Gasteiger partial charge in [0.2, 0.25) is 0 Å². The number of nitrogens with zero attached hydrogens (tertiary/aromatic N) is 1. The standard InChI is InChI=1S/C15H22N2/c1-12-4-5-15-14(9-12)6-8-17(15)11-13-3-2-7-16-10-13/h4-5,9,13,16H,2-3,6-8,10-11H2,1H3. The lowest BCUT2D eigenvalue weighted by Gasteiger charge is -2.29. The van der Waals surface area contributed by atoms with Gasteiger partial charge in [-0.15, -0.1) is 0 Å². The van der Waals surface area contributed by atoms with E-state index in [1.165, 1.54) is 56.7 Å². The van der Waals surface area contributed by atoms with Gasteiger partial charge in [-0.25, -0.2) is 0 Å². The van der Waals surface area contributed by atoms with Crippen LogP contribution in [0.25, 0.3) is 0 Å². The van der Waals surface area contributed by atoms with Gasteiger partial charge in [0.25, 0.3) is 0 Å². The van der Waals surface area contributed by atoms with E-state index in [2.05, 4.69) is 35.3 Å². The van der Waals surface area contributed by atoms with E-state index in [4.69, 9.17) is 0 Å². The molecule has 2 heteroatoms. The summed E-state index contributed by atoms with van der Waals surface area (Å²) in [4.78, 5) is 2.59. The van der Waals surface area contributed by atoms with Crippen LogP contribution < -0.4 is 10.2 Å². The van der Waals surface area contributed by atoms with E-state index in [-0.39, 0.29) is 0 Å². The number of fused-ring (bicyclic) bond motifs is 1. The van der Waals surface area contributed by atoms with Crippen LogP contribution in [0.3, 0.4) is 0 Å². The Morgan fingerprint density at radius 1 is 1.41 bits per heavy atom. The lowest BCUT2D eigenvalue weighted by molar-refractivity contribution is 0.378. The van der Waals surface area contributed by atoms with Crippen molar-refractivity contribution in [1.29, 1.82) is 0 Å². The molecule has 2 aliphatic heterocycles. The van der Waals surface area contributed by atoms with E-state index in [1.54, 1.807) is 5.56 Å². The Kier molecular flexibility index (Phi) is 3.06. The van der Waals surface area contributed by atoms with Gasteiger partial charge in [-0.1, -0.05) is 17.7 Å². The second-order valence-electron chi connectivity index (χ2n) is 5.54. The number of hydrogen-bond donors (Lipinski definition) is 1. The number of piperidine rings is 1. The Morgan fingerprint density at radius 2 is 2.35 bits per heavy atom. The first-order valence-electron chi connectivity index (χ1n) is 6.88. The van der Waals surface area contributed by atoms with Gasteiger partial charge in [0, 0.05) is 18.8 Å². The Balaban J connectivity index is 1.70. The van der Waals surface area contributed by atoms with Gasteiger partial charge in [-0.3, -0.25) is 0 Å². The van der Waals surface area contributed by atoms with Gasteiger partial charge in [0.15, 0.2) is 0 Å². The Morgan fingerprint density at radius 3 is 3.18 bits per heavy atom. The quantitative estimate of drug-likeness (QED) is 0.839. The number of nitrogens with one attached hydrogen (secondary N) is 1. The molecule has 92 valence electrons. The summed E-state index contributed by atoms with van der Waals surface area (Å²) < 4.78 is 0. The van der Waals surface area contributed by atoms with Crippen molar-refractivity contribution in [2.24, 2.45) is 5.92 Å². The number of hydrogen-bond acceptors (Lipinski definition) is 2. The van der Waals surface area contributed by atoms with Gasteiger partial charge < -0.3 is 10.2 Å². The Labute approximate surface area is 104 Å². The van der Waals surface area contributed by atoms with Crippen molar-refractivity contribution in [3.05, 3.63) is 29.3 Å². The molecule has 0 amide bonds. The van der Waals surface area contributed by atoms with Crippen LogP contribution in [0.2, 0.25) is 0 Å². The summed E-state index contributed by atoms with van der Waals surface area (Å²) in [5, 5.41) is 3.52. The molecule has 1 unspecified atom stereocenters. The molecule has 0 bridgehead atoms. The van der Waals surface area contributed by atoms with Crippen molar-refractivity contribution in [3.63, 3.8) is 0 Å². The first-order chi connectivity index (χ1) is 8.33. The van der Waals surface area contributed by atoms with Crippen molar-refractivity contribution in [2.75, 3.05) is 31.1 Å². The third-order valence-corrected chi connectivity index (χ3v) is 4.10. The molecule has 1 atom stereocenters. The van der Waals surface area contributed by atoms with Crippen LogP contribution in [0.1, 0.15) is 24.0 Å². The molecule has 0 saturated carbocycles. The Hall–Kier alpha value is -1.02. The average Bonchev–Trinajstić information content (AvgIpc) is 2.73. The second kappa shape index (κ2) is 4.69. The summed E-state index contributed by atoms with van der Waals surface area (Å²) in [6, 6.07) is 6.92. The predicted octanol–water partition coefficient (Wildman–Crippen LogP) is 2.36. The van der Waals surface area contributed by atoms with Crippen LogP contribution in [0.5, 0.6) is 0 Å². The molecule has 2 nitrogen and oxygen atoms in total. The highest BCUT2D eigenvalue weighted by Crippen LogP contribution is 2.30. The minimum atomic E-state index is 0.844. The van der Waals surface area contributed by atoms with Crippen molar-refractivity contribution in [1.82, 2.24) is 5.32 Å². The highest BCUT2D eigenvalue weighted by Gasteiger charge is 2.22. The summed E-state index contributed by atoms with van der Waals surface area (Å²) >= 11 is 0. The molecule has 0 radical (unpaired) electrons. The van der Waals surface area contributed by atoms with E-state index in [9.17, 15) is 0 Å². The smallest absolute Gasteiger partial charge is 0.0399 e. The van der Waals surface area contributed by atoms with Crippen LogP contribution in [0, 0.1) is 12.8 Å². The normalized spacial score (nSPS) is 23.8. The third kappa shape index (κ3) is 2.32. The molecule has 2 aliphatic rings. The summed E-state index contributed by atoms with van der Waals surface area (Å²) in [6.07, 6.45) is 3.97. The van der Waals surface area contributed by atoms with Gasteiger partial charge in [0.05, 0.1) is 0 Å². The molecular weight excluding hydrogens is 208 g/mol. The molecule has 17 heavy (non-hydrogen) atoms. The first kappa shape index (κ1) is 11.1. The monoisotopic (exact) mass is 230 g/mol. The van der Waals surface area contributed by atoms with E-state index in [0.29, 0.717) is 0 Å². The molecule has 0 aromatic heterocycles. The largest absolute Gasteiger partial charge is 0.371 e. The summed E-state index contributed by atoms with van der Waals surface area (Å²) in [7, 11) is 0. The Bertz CT molecular complexity index is 394. The summed E-state index contributed by atoms with van der Waals surface area (Å²) in [5.74, 6) is 0.844. The minimum Gasteiger partial charge on any atom is -0.371 e. The molecule has 1 fully saturated rings. The van der Waals surface area contributed by atoms with E-state index >= 15 is 0 Å². The highest BCUT2D eigenvalue weighted by molar-refractivity contribution is 5.59. The maximum Gasteiger partial charge on any atom is 0.0399 e. The fourth-order valence-electron chi connectivity index (χ4n) is 3.18. The van der Waals surface area contributed by atoms with Gasteiger partial charge in [-0.2, -0.15) is 0 Å². The maximum atomic E-state index is 3.52. The van der Waals surface area contributed by atoms with Crippen molar-refractivity contribution < 1.29 is 0 Å².